The lowest BCUT2D eigenvalue weighted by molar-refractivity contribution is 0.677. The summed E-state index contributed by atoms with van der Waals surface area (Å²) in [4.78, 5) is 0.782. The largest absolute Gasteiger partial charge is 0.398 e. The van der Waals surface area contributed by atoms with Crippen molar-refractivity contribution in [3.05, 3.63) is 59.7 Å². The lowest BCUT2D eigenvalue weighted by Crippen LogP contribution is -2.04. The van der Waals surface area contributed by atoms with Crippen molar-refractivity contribution in [2.75, 3.05) is 11.5 Å². The minimum Gasteiger partial charge on any atom is -0.398 e. The Morgan fingerprint density at radius 1 is 1.00 bits per heavy atom. The van der Waals surface area contributed by atoms with Crippen molar-refractivity contribution in [3.8, 4) is 0 Å². The summed E-state index contributed by atoms with van der Waals surface area (Å²) in [5, 5.41) is 0. The van der Waals surface area contributed by atoms with Crippen LogP contribution in [0.2, 0.25) is 0 Å². The molecule has 0 saturated heterocycles. The molecule has 0 bridgehead atoms. The smallest absolute Gasteiger partial charge is 0.0620 e. The molecule has 2 nitrogen and oxygen atoms in total. The van der Waals surface area contributed by atoms with E-state index in [-0.39, 0.29) is 0 Å². The van der Waals surface area contributed by atoms with Gasteiger partial charge < -0.3 is 5.73 Å². The van der Waals surface area contributed by atoms with E-state index in [1.54, 1.807) is 0 Å². The predicted octanol–water partition coefficient (Wildman–Crippen LogP) is 3.71. The molecule has 0 aliphatic rings. The van der Waals surface area contributed by atoms with Gasteiger partial charge in [-0.25, -0.2) is 0 Å². The first-order chi connectivity index (χ1) is 9.68. The lowest BCUT2D eigenvalue weighted by atomic mass is 10.1. The number of aryl methyl sites for hydroxylation is 2. The van der Waals surface area contributed by atoms with E-state index in [9.17, 15) is 4.21 Å². The van der Waals surface area contributed by atoms with Crippen LogP contribution in [0.1, 0.15) is 24.0 Å². The zero-order chi connectivity index (χ0) is 14.4. The van der Waals surface area contributed by atoms with Crippen LogP contribution >= 0.6 is 0 Å². The van der Waals surface area contributed by atoms with E-state index in [0.717, 1.165) is 29.7 Å². The Morgan fingerprint density at radius 3 is 2.50 bits per heavy atom. The van der Waals surface area contributed by atoms with E-state index < -0.39 is 10.8 Å². The maximum absolute atomic E-state index is 12.3. The fourth-order valence-corrected chi connectivity index (χ4v) is 3.49. The summed E-state index contributed by atoms with van der Waals surface area (Å²) in [6, 6.07) is 16.1. The molecule has 1 unspecified atom stereocenters. The van der Waals surface area contributed by atoms with Crippen molar-refractivity contribution in [3.63, 3.8) is 0 Å². The van der Waals surface area contributed by atoms with Crippen LogP contribution in [0, 0.1) is 6.92 Å². The Kier molecular flexibility index (Phi) is 5.36. The fraction of sp³-hybridized carbons (Fsp3) is 0.294. The van der Waals surface area contributed by atoms with Gasteiger partial charge >= 0.3 is 0 Å². The summed E-state index contributed by atoms with van der Waals surface area (Å²) in [5.41, 5.74) is 9.00. The van der Waals surface area contributed by atoms with Gasteiger partial charge in [0.25, 0.3) is 0 Å². The van der Waals surface area contributed by atoms with Gasteiger partial charge in [0.1, 0.15) is 0 Å². The summed E-state index contributed by atoms with van der Waals surface area (Å²) in [5.74, 6) is 0.681. The molecule has 0 spiro atoms. The zero-order valence-corrected chi connectivity index (χ0v) is 12.7. The van der Waals surface area contributed by atoms with Crippen molar-refractivity contribution in [2.24, 2.45) is 0 Å². The topological polar surface area (TPSA) is 43.1 Å². The van der Waals surface area contributed by atoms with Gasteiger partial charge in [-0.15, -0.1) is 0 Å². The maximum atomic E-state index is 12.3. The highest BCUT2D eigenvalue weighted by Gasteiger charge is 2.08. The molecule has 3 heteroatoms. The molecule has 20 heavy (non-hydrogen) atoms. The molecule has 0 amide bonds. The van der Waals surface area contributed by atoms with E-state index in [4.69, 9.17) is 5.73 Å². The minimum atomic E-state index is -0.988. The quantitative estimate of drug-likeness (QED) is 0.650. The molecule has 2 rings (SSSR count). The van der Waals surface area contributed by atoms with E-state index in [1.165, 1.54) is 5.56 Å². The highest BCUT2D eigenvalue weighted by molar-refractivity contribution is 7.85. The van der Waals surface area contributed by atoms with Gasteiger partial charge in [0.05, 0.1) is 21.4 Å². The Balaban J connectivity index is 1.82. The standard InChI is InChI=1S/C17H21NOS/c1-14-8-7-12-16(17(14)18)20(19)13-6-5-11-15-9-3-2-4-10-15/h2-4,7-10,12H,5-6,11,13,18H2,1H3. The molecular formula is C17H21NOS. The minimum absolute atomic E-state index is 0.675. The van der Waals surface area contributed by atoms with E-state index in [0.29, 0.717) is 11.4 Å². The molecule has 2 aromatic carbocycles. The maximum Gasteiger partial charge on any atom is 0.0620 e. The molecule has 1 atom stereocenters. The Bertz CT molecular complexity index is 581. The second-order valence-corrected chi connectivity index (χ2v) is 6.52. The van der Waals surface area contributed by atoms with Crippen molar-refractivity contribution < 1.29 is 4.21 Å². The van der Waals surface area contributed by atoms with Crippen molar-refractivity contribution in [2.45, 2.75) is 31.1 Å². The van der Waals surface area contributed by atoms with Crippen LogP contribution in [-0.4, -0.2) is 9.96 Å². The van der Waals surface area contributed by atoms with Crippen molar-refractivity contribution in [1.29, 1.82) is 0 Å². The summed E-state index contributed by atoms with van der Waals surface area (Å²) >= 11 is 0. The molecule has 106 valence electrons. The van der Waals surface area contributed by atoms with Gasteiger partial charge in [-0.1, -0.05) is 42.5 Å². The molecule has 0 heterocycles. The Labute approximate surface area is 123 Å². The summed E-state index contributed by atoms with van der Waals surface area (Å²) in [6.07, 6.45) is 3.05. The number of nitrogens with two attached hydrogens (primary N) is 1. The first-order valence-electron chi connectivity index (χ1n) is 6.96. The second kappa shape index (κ2) is 7.25. The Morgan fingerprint density at radius 2 is 1.75 bits per heavy atom. The zero-order valence-electron chi connectivity index (χ0n) is 11.8. The number of benzene rings is 2. The summed E-state index contributed by atoms with van der Waals surface area (Å²) < 4.78 is 12.3. The van der Waals surface area contributed by atoms with Gasteiger partial charge in [0, 0.05) is 5.75 Å². The molecule has 0 radical (unpaired) electrons. The van der Waals surface area contributed by atoms with Gasteiger partial charge in [-0.05, 0) is 43.4 Å². The Hall–Kier alpha value is -1.61. The first-order valence-corrected chi connectivity index (χ1v) is 8.28. The molecule has 0 aromatic heterocycles. The van der Waals surface area contributed by atoms with Crippen LogP contribution in [0.15, 0.2) is 53.4 Å². The van der Waals surface area contributed by atoms with E-state index in [2.05, 4.69) is 24.3 Å². The molecule has 0 aliphatic carbocycles. The third-order valence-electron chi connectivity index (χ3n) is 3.42. The normalized spacial score (nSPS) is 12.2. The van der Waals surface area contributed by atoms with E-state index >= 15 is 0 Å². The van der Waals surface area contributed by atoms with Crippen LogP contribution < -0.4 is 5.73 Å². The molecule has 0 aliphatic heterocycles. The van der Waals surface area contributed by atoms with E-state index in [1.807, 2.05) is 31.2 Å². The summed E-state index contributed by atoms with van der Waals surface area (Å²) in [6.45, 7) is 1.95. The number of rotatable bonds is 6. The van der Waals surface area contributed by atoms with Crippen LogP contribution in [0.3, 0.4) is 0 Å². The number of hydrogen-bond acceptors (Lipinski definition) is 2. The second-order valence-electron chi connectivity index (χ2n) is 4.98. The van der Waals surface area contributed by atoms with Gasteiger partial charge in [0.2, 0.25) is 0 Å². The van der Waals surface area contributed by atoms with Crippen LogP contribution in [0.25, 0.3) is 0 Å². The average Bonchev–Trinajstić information content (AvgIpc) is 2.47. The lowest BCUT2D eigenvalue weighted by Gasteiger charge is -2.08. The van der Waals surface area contributed by atoms with Crippen LogP contribution in [-0.2, 0) is 17.2 Å². The average molecular weight is 287 g/mol. The van der Waals surface area contributed by atoms with Crippen molar-refractivity contribution in [1.82, 2.24) is 0 Å². The molecule has 0 fully saturated rings. The third kappa shape index (κ3) is 3.94. The first kappa shape index (κ1) is 14.8. The molecule has 0 saturated carbocycles. The highest BCUT2D eigenvalue weighted by atomic mass is 32.2. The fourth-order valence-electron chi connectivity index (χ4n) is 2.17. The number of hydrogen-bond donors (Lipinski definition) is 1. The predicted molar refractivity (Wildman–Crippen MR) is 86.2 cm³/mol. The number of para-hydroxylation sites is 1. The third-order valence-corrected chi connectivity index (χ3v) is 4.92. The number of nitrogen functional groups attached to an aromatic ring is 1. The van der Waals surface area contributed by atoms with Crippen LogP contribution in [0.4, 0.5) is 5.69 Å². The van der Waals surface area contributed by atoms with Crippen molar-refractivity contribution >= 4 is 16.5 Å². The van der Waals surface area contributed by atoms with Gasteiger partial charge in [0.15, 0.2) is 0 Å². The monoisotopic (exact) mass is 287 g/mol. The number of anilines is 1. The SMILES string of the molecule is Cc1cccc(S(=O)CCCCc2ccccc2)c1N. The highest BCUT2D eigenvalue weighted by Crippen LogP contribution is 2.21. The molecule has 2 aromatic rings. The van der Waals surface area contributed by atoms with Crippen LogP contribution in [0.5, 0.6) is 0 Å². The van der Waals surface area contributed by atoms with Gasteiger partial charge in [-0.3, -0.25) is 4.21 Å². The number of unbranched alkanes of at least 4 members (excludes halogenated alkanes) is 1. The van der Waals surface area contributed by atoms with Gasteiger partial charge in [-0.2, -0.15) is 0 Å². The molecule has 2 N–H and O–H groups in total. The summed E-state index contributed by atoms with van der Waals surface area (Å²) in [7, 11) is -0.988. The molecular weight excluding hydrogens is 266 g/mol.